The molecule has 0 aliphatic carbocycles. The molecule has 2 aromatic rings. The van der Waals surface area contributed by atoms with Crippen molar-refractivity contribution >= 4 is 16.6 Å². The predicted molar refractivity (Wildman–Crippen MR) is 72.1 cm³/mol. The van der Waals surface area contributed by atoms with E-state index in [9.17, 15) is 13.2 Å². The van der Waals surface area contributed by atoms with Gasteiger partial charge in [-0.25, -0.2) is 4.98 Å². The molecule has 3 nitrogen and oxygen atoms in total. The van der Waals surface area contributed by atoms with Crippen LogP contribution >= 0.6 is 0 Å². The zero-order valence-corrected chi connectivity index (χ0v) is 11.4. The summed E-state index contributed by atoms with van der Waals surface area (Å²) in [6, 6.07) is 4.53. The summed E-state index contributed by atoms with van der Waals surface area (Å²) in [5.74, 6) is -0.277. The van der Waals surface area contributed by atoms with Crippen molar-refractivity contribution in [1.29, 1.82) is 0 Å². The molecule has 1 aromatic heterocycles. The van der Waals surface area contributed by atoms with Crippen LogP contribution in [-0.4, -0.2) is 18.4 Å². The van der Waals surface area contributed by atoms with Crippen molar-refractivity contribution in [2.24, 2.45) is 0 Å². The molecule has 0 saturated carbocycles. The fourth-order valence-electron chi connectivity index (χ4n) is 2.28. The number of pyridine rings is 1. The largest absolute Gasteiger partial charge is 0.573 e. The minimum Gasteiger partial charge on any atom is -0.403 e. The number of hydrogen-bond donors (Lipinski definition) is 1. The van der Waals surface area contributed by atoms with Gasteiger partial charge in [-0.1, -0.05) is 19.1 Å². The Morgan fingerprint density at radius 3 is 2.55 bits per heavy atom. The first-order valence-electron chi connectivity index (χ1n) is 6.23. The topological polar surface area (TPSA) is 34.1 Å². The van der Waals surface area contributed by atoms with Gasteiger partial charge < -0.3 is 10.1 Å². The van der Waals surface area contributed by atoms with Crippen LogP contribution < -0.4 is 10.1 Å². The Labute approximate surface area is 114 Å². The zero-order valence-electron chi connectivity index (χ0n) is 11.4. The number of para-hydroxylation sites is 1. The highest BCUT2D eigenvalue weighted by Gasteiger charge is 2.32. The lowest BCUT2D eigenvalue weighted by Crippen LogP contribution is -2.17. The maximum atomic E-state index is 12.4. The molecule has 0 radical (unpaired) electrons. The summed E-state index contributed by atoms with van der Waals surface area (Å²) in [5.41, 5.74) is 2.68. The summed E-state index contributed by atoms with van der Waals surface area (Å²) in [7, 11) is 1.73. The Morgan fingerprint density at radius 1 is 1.30 bits per heavy atom. The lowest BCUT2D eigenvalue weighted by molar-refractivity contribution is -0.274. The van der Waals surface area contributed by atoms with Gasteiger partial charge in [0.1, 0.15) is 5.52 Å². The second kappa shape index (κ2) is 5.19. The van der Waals surface area contributed by atoms with Crippen LogP contribution in [0.4, 0.5) is 18.9 Å². The molecule has 0 aliphatic heterocycles. The maximum Gasteiger partial charge on any atom is 0.573 e. The van der Waals surface area contributed by atoms with Gasteiger partial charge in [0.2, 0.25) is 0 Å². The van der Waals surface area contributed by atoms with Crippen molar-refractivity contribution in [2.75, 3.05) is 12.4 Å². The normalized spacial score (nSPS) is 11.7. The molecule has 2 rings (SSSR count). The molecule has 0 unspecified atom stereocenters. The number of benzene rings is 1. The number of nitrogens with one attached hydrogen (secondary N) is 1. The Balaban J connectivity index is 2.74. The van der Waals surface area contributed by atoms with Crippen molar-refractivity contribution < 1.29 is 17.9 Å². The molecule has 1 aromatic carbocycles. The third kappa shape index (κ3) is 2.64. The summed E-state index contributed by atoms with van der Waals surface area (Å²) in [6.07, 6.45) is -4.09. The first-order valence-corrected chi connectivity index (χ1v) is 6.23. The van der Waals surface area contributed by atoms with Crippen molar-refractivity contribution in [3.8, 4) is 5.75 Å². The third-order valence-corrected chi connectivity index (χ3v) is 3.13. The van der Waals surface area contributed by atoms with Crippen LogP contribution in [0.2, 0.25) is 0 Å². The van der Waals surface area contributed by atoms with Gasteiger partial charge in [-0.2, -0.15) is 0 Å². The highest BCUT2D eigenvalue weighted by molar-refractivity contribution is 5.96. The number of aromatic nitrogens is 1. The molecule has 0 spiro atoms. The number of hydrogen-bond acceptors (Lipinski definition) is 3. The minimum absolute atomic E-state index is 0.219. The first kappa shape index (κ1) is 14.4. The highest BCUT2D eigenvalue weighted by Crippen LogP contribution is 2.35. The molecule has 1 heterocycles. The van der Waals surface area contributed by atoms with Crippen LogP contribution in [0.15, 0.2) is 18.2 Å². The average molecular weight is 284 g/mol. The molecule has 0 atom stereocenters. The van der Waals surface area contributed by atoms with Crippen LogP contribution in [0.3, 0.4) is 0 Å². The van der Waals surface area contributed by atoms with E-state index in [4.69, 9.17) is 0 Å². The van der Waals surface area contributed by atoms with E-state index in [1.165, 1.54) is 12.1 Å². The van der Waals surface area contributed by atoms with E-state index in [-0.39, 0.29) is 11.3 Å². The summed E-state index contributed by atoms with van der Waals surface area (Å²) in [5, 5.41) is 3.64. The Kier molecular flexibility index (Phi) is 3.74. The number of alkyl halides is 3. The number of nitrogens with zero attached hydrogens (tertiary/aromatic N) is 1. The summed E-state index contributed by atoms with van der Waals surface area (Å²) in [6.45, 7) is 3.81. The monoisotopic (exact) mass is 284 g/mol. The fourth-order valence-corrected chi connectivity index (χ4v) is 2.28. The number of fused-ring (bicyclic) bond motifs is 1. The molecule has 0 fully saturated rings. The average Bonchev–Trinajstić information content (AvgIpc) is 2.36. The van der Waals surface area contributed by atoms with Gasteiger partial charge in [-0.05, 0) is 25.0 Å². The Bertz CT molecular complexity index is 638. The maximum absolute atomic E-state index is 12.4. The van der Waals surface area contributed by atoms with Gasteiger partial charge in [0.15, 0.2) is 5.75 Å². The molecule has 108 valence electrons. The van der Waals surface area contributed by atoms with Gasteiger partial charge in [-0.15, -0.1) is 13.2 Å². The van der Waals surface area contributed by atoms with Crippen LogP contribution in [0.1, 0.15) is 18.2 Å². The van der Waals surface area contributed by atoms with Crippen LogP contribution in [0, 0.1) is 6.92 Å². The smallest absolute Gasteiger partial charge is 0.403 e. The molecule has 1 N–H and O–H groups in total. The van der Waals surface area contributed by atoms with E-state index in [1.807, 2.05) is 13.8 Å². The molecule has 6 heteroatoms. The summed E-state index contributed by atoms with van der Waals surface area (Å²) in [4.78, 5) is 4.32. The van der Waals surface area contributed by atoms with Gasteiger partial charge in [-0.3, -0.25) is 0 Å². The molecule has 0 saturated heterocycles. The quantitative estimate of drug-likeness (QED) is 0.923. The molecule has 0 amide bonds. The lowest BCUT2D eigenvalue weighted by Gasteiger charge is -2.16. The molecular formula is C14H15F3N2O. The second-order valence-corrected chi connectivity index (χ2v) is 4.36. The van der Waals surface area contributed by atoms with Crippen LogP contribution in [-0.2, 0) is 6.42 Å². The number of aryl methyl sites for hydroxylation is 1. The van der Waals surface area contributed by atoms with E-state index in [2.05, 4.69) is 15.0 Å². The van der Waals surface area contributed by atoms with E-state index in [0.717, 1.165) is 16.9 Å². The highest BCUT2D eigenvalue weighted by atomic mass is 19.4. The van der Waals surface area contributed by atoms with Crippen molar-refractivity contribution in [3.05, 3.63) is 29.5 Å². The van der Waals surface area contributed by atoms with E-state index in [1.54, 1.807) is 13.1 Å². The Morgan fingerprint density at radius 2 is 2.00 bits per heavy atom. The number of ether oxygens (including phenoxy) is 1. The van der Waals surface area contributed by atoms with E-state index in [0.29, 0.717) is 11.8 Å². The lowest BCUT2D eigenvalue weighted by atomic mass is 10.0. The van der Waals surface area contributed by atoms with Crippen molar-refractivity contribution in [3.63, 3.8) is 0 Å². The molecule has 0 bridgehead atoms. The van der Waals surface area contributed by atoms with Gasteiger partial charge in [0.25, 0.3) is 0 Å². The molecule has 20 heavy (non-hydrogen) atoms. The van der Waals surface area contributed by atoms with Crippen LogP contribution in [0.25, 0.3) is 10.9 Å². The minimum atomic E-state index is -4.73. The first-order chi connectivity index (χ1) is 9.37. The molecular weight excluding hydrogens is 269 g/mol. The SMILES string of the molecule is CCc1nc2c(OC(F)(F)F)cccc2c(NC)c1C. The Hall–Kier alpha value is -1.98. The third-order valence-electron chi connectivity index (χ3n) is 3.13. The van der Waals surface area contributed by atoms with E-state index < -0.39 is 6.36 Å². The van der Waals surface area contributed by atoms with Crippen molar-refractivity contribution in [2.45, 2.75) is 26.6 Å². The van der Waals surface area contributed by atoms with Gasteiger partial charge in [0.05, 0.1) is 0 Å². The van der Waals surface area contributed by atoms with Gasteiger partial charge in [0, 0.05) is 23.8 Å². The number of halogens is 3. The summed E-state index contributed by atoms with van der Waals surface area (Å²) >= 11 is 0. The second-order valence-electron chi connectivity index (χ2n) is 4.36. The number of anilines is 1. The summed E-state index contributed by atoms with van der Waals surface area (Å²) < 4.78 is 41.4. The molecule has 0 aliphatic rings. The van der Waals surface area contributed by atoms with Crippen molar-refractivity contribution in [1.82, 2.24) is 4.98 Å². The fraction of sp³-hybridized carbons (Fsp3) is 0.357. The van der Waals surface area contributed by atoms with E-state index >= 15 is 0 Å². The van der Waals surface area contributed by atoms with Crippen LogP contribution in [0.5, 0.6) is 5.75 Å². The zero-order chi connectivity index (χ0) is 14.9. The standard InChI is InChI=1S/C14H15F3N2O/c1-4-10-8(2)12(18-3)9-6-5-7-11(13(9)19-10)20-14(15,16)17/h5-7H,4H2,1-3H3,(H,18,19). The van der Waals surface area contributed by atoms with Gasteiger partial charge >= 0.3 is 6.36 Å². The predicted octanol–water partition coefficient (Wildman–Crippen LogP) is 4.05. The number of rotatable bonds is 3.